The Kier molecular flexibility index (Phi) is 5.74. The van der Waals surface area contributed by atoms with Crippen LogP contribution in [0.4, 0.5) is 0 Å². The number of rotatable bonds is 6. The first-order valence-electron chi connectivity index (χ1n) is 7.25. The Balaban J connectivity index is 2.01. The number of ether oxygens (including phenoxy) is 2. The van der Waals surface area contributed by atoms with Crippen molar-refractivity contribution < 1.29 is 14.3 Å². The standard InChI is InChI=1S/C18H20N2O3/c1-13(15-6-4-5-11-19-15)20-18(21)10-8-14-7-9-16(22-2)17(12-14)23-3/h4-13H,1-3H3,(H,20,21)/b10-8+. The van der Waals surface area contributed by atoms with Crippen LogP contribution in [0.5, 0.6) is 11.5 Å². The number of nitrogens with one attached hydrogen (secondary N) is 1. The highest BCUT2D eigenvalue weighted by Crippen LogP contribution is 2.27. The molecular weight excluding hydrogens is 292 g/mol. The molecule has 0 saturated carbocycles. The molecule has 1 aromatic carbocycles. The summed E-state index contributed by atoms with van der Waals surface area (Å²) >= 11 is 0. The van der Waals surface area contributed by atoms with Crippen LogP contribution in [0.1, 0.15) is 24.2 Å². The molecule has 1 atom stereocenters. The average Bonchev–Trinajstić information content (AvgIpc) is 2.60. The van der Waals surface area contributed by atoms with E-state index in [0.29, 0.717) is 11.5 Å². The van der Waals surface area contributed by atoms with Crippen LogP contribution in [-0.2, 0) is 4.79 Å². The summed E-state index contributed by atoms with van der Waals surface area (Å²) in [5.41, 5.74) is 1.67. The zero-order valence-corrected chi connectivity index (χ0v) is 13.4. The molecule has 0 spiro atoms. The Labute approximate surface area is 136 Å². The number of carbonyl (C=O) groups excluding carboxylic acids is 1. The summed E-state index contributed by atoms with van der Waals surface area (Å²) in [5.74, 6) is 1.09. The van der Waals surface area contributed by atoms with Crippen molar-refractivity contribution in [3.05, 3.63) is 59.9 Å². The second-order valence-corrected chi connectivity index (χ2v) is 4.93. The van der Waals surface area contributed by atoms with Crippen LogP contribution in [0.15, 0.2) is 48.7 Å². The van der Waals surface area contributed by atoms with Crippen molar-refractivity contribution in [3.8, 4) is 11.5 Å². The van der Waals surface area contributed by atoms with E-state index in [1.54, 1.807) is 32.6 Å². The highest BCUT2D eigenvalue weighted by atomic mass is 16.5. The number of methoxy groups -OCH3 is 2. The average molecular weight is 312 g/mol. The molecule has 5 nitrogen and oxygen atoms in total. The monoisotopic (exact) mass is 312 g/mol. The van der Waals surface area contributed by atoms with Crippen LogP contribution < -0.4 is 14.8 Å². The molecule has 2 aromatic rings. The predicted octanol–water partition coefficient (Wildman–Crippen LogP) is 2.99. The first-order chi connectivity index (χ1) is 11.1. The maximum Gasteiger partial charge on any atom is 0.244 e. The fourth-order valence-electron chi connectivity index (χ4n) is 2.10. The number of pyridine rings is 1. The lowest BCUT2D eigenvalue weighted by Gasteiger charge is -2.11. The third kappa shape index (κ3) is 4.57. The van der Waals surface area contributed by atoms with E-state index < -0.39 is 0 Å². The van der Waals surface area contributed by atoms with Crippen LogP contribution in [0.2, 0.25) is 0 Å². The van der Waals surface area contributed by atoms with Crippen LogP contribution in [0.3, 0.4) is 0 Å². The molecule has 1 N–H and O–H groups in total. The summed E-state index contributed by atoms with van der Waals surface area (Å²) < 4.78 is 10.4. The van der Waals surface area contributed by atoms with E-state index in [2.05, 4.69) is 10.3 Å². The second-order valence-electron chi connectivity index (χ2n) is 4.93. The van der Waals surface area contributed by atoms with E-state index in [1.165, 1.54) is 6.08 Å². The maximum atomic E-state index is 12.0. The lowest BCUT2D eigenvalue weighted by Crippen LogP contribution is -2.25. The molecule has 5 heteroatoms. The quantitative estimate of drug-likeness (QED) is 0.833. The lowest BCUT2D eigenvalue weighted by atomic mass is 10.1. The van der Waals surface area contributed by atoms with Gasteiger partial charge in [0.15, 0.2) is 11.5 Å². The smallest absolute Gasteiger partial charge is 0.244 e. The fourth-order valence-corrected chi connectivity index (χ4v) is 2.10. The van der Waals surface area contributed by atoms with Crippen LogP contribution in [-0.4, -0.2) is 25.1 Å². The summed E-state index contributed by atoms with van der Waals surface area (Å²) in [5, 5.41) is 2.87. The topological polar surface area (TPSA) is 60.5 Å². The molecule has 0 bridgehead atoms. The molecule has 1 unspecified atom stereocenters. The summed E-state index contributed by atoms with van der Waals surface area (Å²) in [6, 6.07) is 10.9. The molecule has 0 aliphatic heterocycles. The molecule has 23 heavy (non-hydrogen) atoms. The van der Waals surface area contributed by atoms with Crippen molar-refractivity contribution in [3.63, 3.8) is 0 Å². The van der Waals surface area contributed by atoms with Crippen LogP contribution in [0.25, 0.3) is 6.08 Å². The summed E-state index contributed by atoms with van der Waals surface area (Å²) in [4.78, 5) is 16.2. The van der Waals surface area contributed by atoms with Crippen molar-refractivity contribution in [1.29, 1.82) is 0 Å². The number of benzene rings is 1. The Hall–Kier alpha value is -2.82. The van der Waals surface area contributed by atoms with Gasteiger partial charge in [-0.1, -0.05) is 12.1 Å². The molecule has 0 radical (unpaired) electrons. The number of hydrogen-bond acceptors (Lipinski definition) is 4. The van der Waals surface area contributed by atoms with Crippen LogP contribution >= 0.6 is 0 Å². The SMILES string of the molecule is COc1ccc(/C=C/C(=O)NC(C)c2ccccn2)cc1OC. The van der Waals surface area contributed by atoms with E-state index in [-0.39, 0.29) is 11.9 Å². The van der Waals surface area contributed by atoms with Gasteiger partial charge in [0.2, 0.25) is 5.91 Å². The van der Waals surface area contributed by atoms with Gasteiger partial charge >= 0.3 is 0 Å². The Morgan fingerprint density at radius 3 is 2.61 bits per heavy atom. The molecule has 1 heterocycles. The second kappa shape index (κ2) is 7.98. The van der Waals surface area contributed by atoms with Gasteiger partial charge in [-0.3, -0.25) is 9.78 Å². The number of carbonyl (C=O) groups is 1. The van der Waals surface area contributed by atoms with Crippen molar-refractivity contribution in [1.82, 2.24) is 10.3 Å². The number of aromatic nitrogens is 1. The van der Waals surface area contributed by atoms with Gasteiger partial charge in [-0.25, -0.2) is 0 Å². The lowest BCUT2D eigenvalue weighted by molar-refractivity contribution is -0.117. The Bertz CT molecular complexity index is 684. The van der Waals surface area contributed by atoms with E-state index in [1.807, 2.05) is 37.3 Å². The van der Waals surface area contributed by atoms with Gasteiger partial charge in [0.25, 0.3) is 0 Å². The third-order valence-electron chi connectivity index (χ3n) is 3.32. The van der Waals surface area contributed by atoms with E-state index in [4.69, 9.17) is 9.47 Å². The van der Waals surface area contributed by atoms with Gasteiger partial charge < -0.3 is 14.8 Å². The van der Waals surface area contributed by atoms with Gasteiger partial charge in [-0.2, -0.15) is 0 Å². The highest BCUT2D eigenvalue weighted by Gasteiger charge is 2.08. The van der Waals surface area contributed by atoms with Gasteiger partial charge in [-0.15, -0.1) is 0 Å². The molecule has 2 rings (SSSR count). The molecular formula is C18H20N2O3. The van der Waals surface area contributed by atoms with Gasteiger partial charge in [0, 0.05) is 12.3 Å². The minimum atomic E-state index is -0.182. The largest absolute Gasteiger partial charge is 0.493 e. The molecule has 1 amide bonds. The first kappa shape index (κ1) is 16.5. The number of amides is 1. The van der Waals surface area contributed by atoms with Crippen LogP contribution in [0, 0.1) is 0 Å². The minimum Gasteiger partial charge on any atom is -0.493 e. The molecule has 0 aliphatic rings. The van der Waals surface area contributed by atoms with Crippen molar-refractivity contribution in [2.75, 3.05) is 14.2 Å². The van der Waals surface area contributed by atoms with Gasteiger partial charge in [-0.05, 0) is 42.8 Å². The van der Waals surface area contributed by atoms with E-state index in [9.17, 15) is 4.79 Å². The molecule has 0 saturated heterocycles. The van der Waals surface area contributed by atoms with E-state index in [0.717, 1.165) is 11.3 Å². The maximum absolute atomic E-state index is 12.0. The van der Waals surface area contributed by atoms with Crippen molar-refractivity contribution in [2.24, 2.45) is 0 Å². The molecule has 1 aromatic heterocycles. The zero-order valence-electron chi connectivity index (χ0n) is 13.4. The predicted molar refractivity (Wildman–Crippen MR) is 89.4 cm³/mol. The Morgan fingerprint density at radius 1 is 1.17 bits per heavy atom. The Morgan fingerprint density at radius 2 is 1.96 bits per heavy atom. The molecule has 120 valence electrons. The molecule has 0 aliphatic carbocycles. The van der Waals surface area contributed by atoms with Crippen molar-refractivity contribution in [2.45, 2.75) is 13.0 Å². The summed E-state index contributed by atoms with van der Waals surface area (Å²) in [6.07, 6.45) is 4.92. The number of hydrogen-bond donors (Lipinski definition) is 1. The molecule has 0 fully saturated rings. The minimum absolute atomic E-state index is 0.154. The normalized spacial score (nSPS) is 12.0. The van der Waals surface area contributed by atoms with Gasteiger partial charge in [0.1, 0.15) is 0 Å². The van der Waals surface area contributed by atoms with Gasteiger partial charge in [0.05, 0.1) is 26.0 Å². The fraction of sp³-hybridized carbons (Fsp3) is 0.222. The number of nitrogens with zero attached hydrogens (tertiary/aromatic N) is 1. The summed E-state index contributed by atoms with van der Waals surface area (Å²) in [6.45, 7) is 1.89. The van der Waals surface area contributed by atoms with Crippen molar-refractivity contribution >= 4 is 12.0 Å². The zero-order chi connectivity index (χ0) is 16.7. The van der Waals surface area contributed by atoms with E-state index >= 15 is 0 Å². The third-order valence-corrected chi connectivity index (χ3v) is 3.32. The highest BCUT2D eigenvalue weighted by molar-refractivity contribution is 5.92. The first-order valence-corrected chi connectivity index (χ1v) is 7.25. The summed E-state index contributed by atoms with van der Waals surface area (Å²) in [7, 11) is 3.16.